The van der Waals surface area contributed by atoms with Gasteiger partial charge in [-0.05, 0) is 67.1 Å². The number of carbonyl (C=O) groups excluding carboxylic acids is 1. The summed E-state index contributed by atoms with van der Waals surface area (Å²) in [5, 5.41) is 14.0. The number of amides is 1. The van der Waals surface area contributed by atoms with Crippen LogP contribution in [0.2, 0.25) is 0 Å². The second-order valence-corrected chi connectivity index (χ2v) is 8.82. The average Bonchev–Trinajstić information content (AvgIpc) is 3.35. The van der Waals surface area contributed by atoms with Crippen LogP contribution in [0.5, 0.6) is 17.2 Å². The Bertz CT molecular complexity index is 1140. The fraction of sp³-hybridized carbons (Fsp3) is 0.393. The lowest BCUT2D eigenvalue weighted by Gasteiger charge is -2.12. The second kappa shape index (κ2) is 14.5. The van der Waals surface area contributed by atoms with Crippen LogP contribution in [-0.4, -0.2) is 30.3 Å². The number of carbonyl (C=O) groups is 1. The lowest BCUT2D eigenvalue weighted by atomic mass is 10.1. The molecule has 0 atom stereocenters. The smallest absolute Gasteiger partial charge is 0.320 e. The zero-order chi connectivity index (χ0) is 26.5. The maximum atomic E-state index is 12.2. The minimum atomic E-state index is 0.0441. The highest BCUT2D eigenvalue weighted by Gasteiger charge is 2.11. The van der Waals surface area contributed by atoms with Gasteiger partial charge in [-0.3, -0.25) is 4.79 Å². The molecule has 3 aromatic rings. The number of hydrogen-bond donors (Lipinski definition) is 2. The largest absolute Gasteiger partial charge is 0.497 e. The van der Waals surface area contributed by atoms with Crippen molar-refractivity contribution in [1.29, 1.82) is 0 Å². The van der Waals surface area contributed by atoms with Crippen LogP contribution in [-0.2, 0) is 17.9 Å². The highest BCUT2D eigenvalue weighted by Crippen LogP contribution is 2.29. The van der Waals surface area contributed by atoms with E-state index in [1.165, 1.54) is 0 Å². The van der Waals surface area contributed by atoms with Crippen molar-refractivity contribution >= 4 is 17.6 Å². The fourth-order valence-corrected chi connectivity index (χ4v) is 3.45. The van der Waals surface area contributed by atoms with E-state index in [9.17, 15) is 4.79 Å². The molecule has 0 aliphatic rings. The van der Waals surface area contributed by atoms with Crippen molar-refractivity contribution in [2.75, 3.05) is 19.5 Å². The van der Waals surface area contributed by atoms with Crippen LogP contribution < -0.4 is 24.8 Å². The summed E-state index contributed by atoms with van der Waals surface area (Å²) in [6.07, 6.45) is 7.80. The van der Waals surface area contributed by atoms with E-state index in [1.54, 1.807) is 20.3 Å². The van der Waals surface area contributed by atoms with E-state index >= 15 is 0 Å². The number of anilines is 2. The van der Waals surface area contributed by atoms with Crippen LogP contribution in [0.3, 0.4) is 0 Å². The highest BCUT2D eigenvalue weighted by molar-refractivity contribution is 5.75. The summed E-state index contributed by atoms with van der Waals surface area (Å²) in [5.41, 5.74) is 1.71. The molecule has 9 nitrogen and oxygen atoms in total. The Kier molecular flexibility index (Phi) is 10.8. The third-order valence-corrected chi connectivity index (χ3v) is 5.42. The van der Waals surface area contributed by atoms with Gasteiger partial charge in [0, 0.05) is 18.7 Å². The van der Waals surface area contributed by atoms with E-state index in [1.807, 2.05) is 36.4 Å². The van der Waals surface area contributed by atoms with Crippen LogP contribution in [0.15, 0.2) is 59.0 Å². The van der Waals surface area contributed by atoms with Crippen molar-refractivity contribution in [3.8, 4) is 17.2 Å². The molecule has 2 aromatic carbocycles. The standard InChI is InChI=1S/C28H36N4O5/c1-20(2)9-7-5-6-8-10-26(33)29-18-21-11-16-24(25(17-21)35-4)36-19-27-31-32-28(37-27)30-22-12-14-23(34-3)15-13-22/h7,9,11-17,20H,5-6,8,10,18-19H2,1-4H3,(H,29,33)(H,30,32)/b9-7+. The average molecular weight is 509 g/mol. The molecule has 0 radical (unpaired) electrons. The molecule has 0 spiro atoms. The molecule has 0 saturated heterocycles. The molecule has 0 aliphatic carbocycles. The second-order valence-electron chi connectivity index (χ2n) is 8.82. The SMILES string of the molecule is COc1ccc(Nc2nnc(COc3ccc(CNC(=O)CCCC/C=C/C(C)C)cc3OC)o2)cc1. The summed E-state index contributed by atoms with van der Waals surface area (Å²) in [5.74, 6) is 2.77. The molecule has 37 heavy (non-hydrogen) atoms. The molecule has 1 amide bonds. The summed E-state index contributed by atoms with van der Waals surface area (Å²) in [4.78, 5) is 12.2. The van der Waals surface area contributed by atoms with Gasteiger partial charge in [-0.2, -0.15) is 0 Å². The number of nitrogens with zero attached hydrogens (tertiary/aromatic N) is 2. The van der Waals surface area contributed by atoms with E-state index in [-0.39, 0.29) is 18.5 Å². The first-order valence-electron chi connectivity index (χ1n) is 12.4. The number of unbranched alkanes of at least 4 members (excludes halogenated alkanes) is 2. The maximum absolute atomic E-state index is 12.2. The van der Waals surface area contributed by atoms with Gasteiger partial charge in [-0.25, -0.2) is 0 Å². The quantitative estimate of drug-likeness (QED) is 0.196. The van der Waals surface area contributed by atoms with Crippen LogP contribution in [0.25, 0.3) is 0 Å². The van der Waals surface area contributed by atoms with Gasteiger partial charge in [0.2, 0.25) is 5.91 Å². The molecular weight excluding hydrogens is 472 g/mol. The zero-order valence-electron chi connectivity index (χ0n) is 22.0. The van der Waals surface area contributed by atoms with Crippen LogP contribution in [0.4, 0.5) is 11.7 Å². The van der Waals surface area contributed by atoms with Gasteiger partial charge in [0.15, 0.2) is 18.1 Å². The van der Waals surface area contributed by atoms with Crippen molar-refractivity contribution in [3.05, 3.63) is 66.1 Å². The first kappa shape index (κ1) is 27.6. The van der Waals surface area contributed by atoms with Gasteiger partial charge in [0.25, 0.3) is 5.89 Å². The van der Waals surface area contributed by atoms with Crippen molar-refractivity contribution in [3.63, 3.8) is 0 Å². The predicted molar refractivity (Wildman–Crippen MR) is 142 cm³/mol. The first-order chi connectivity index (χ1) is 18.0. The lowest BCUT2D eigenvalue weighted by Crippen LogP contribution is -2.22. The molecule has 3 rings (SSSR count). The molecule has 0 unspecified atom stereocenters. The number of nitrogens with one attached hydrogen (secondary N) is 2. The molecule has 2 N–H and O–H groups in total. The van der Waals surface area contributed by atoms with Gasteiger partial charge in [-0.15, -0.1) is 5.10 Å². The van der Waals surface area contributed by atoms with E-state index in [0.29, 0.717) is 36.3 Å². The molecule has 0 bridgehead atoms. The Morgan fingerprint density at radius 3 is 2.57 bits per heavy atom. The summed E-state index contributed by atoms with van der Waals surface area (Å²) < 4.78 is 22.1. The Labute approximate surface area is 218 Å². The van der Waals surface area contributed by atoms with E-state index in [0.717, 1.165) is 36.3 Å². The van der Waals surface area contributed by atoms with Crippen LogP contribution in [0, 0.1) is 5.92 Å². The normalized spacial score (nSPS) is 11.1. The molecule has 1 heterocycles. The van der Waals surface area contributed by atoms with Gasteiger partial charge < -0.3 is 29.3 Å². The zero-order valence-corrected chi connectivity index (χ0v) is 22.0. The third-order valence-electron chi connectivity index (χ3n) is 5.42. The van der Waals surface area contributed by atoms with Gasteiger partial charge in [0.1, 0.15) is 5.75 Å². The Morgan fingerprint density at radius 1 is 1.03 bits per heavy atom. The number of aromatic nitrogens is 2. The molecular formula is C28H36N4O5. The molecule has 0 fully saturated rings. The Hall–Kier alpha value is -4.01. The number of allylic oxidation sites excluding steroid dienone is 2. The van der Waals surface area contributed by atoms with Crippen molar-refractivity contribution < 1.29 is 23.4 Å². The minimum absolute atomic E-state index is 0.0441. The molecule has 0 saturated carbocycles. The first-order valence-corrected chi connectivity index (χ1v) is 12.4. The predicted octanol–water partition coefficient (Wildman–Crippen LogP) is 5.80. The number of benzene rings is 2. The minimum Gasteiger partial charge on any atom is -0.497 e. The number of hydrogen-bond acceptors (Lipinski definition) is 8. The Balaban J connectivity index is 1.44. The highest BCUT2D eigenvalue weighted by atomic mass is 16.5. The van der Waals surface area contributed by atoms with Crippen molar-refractivity contribution in [2.24, 2.45) is 5.92 Å². The van der Waals surface area contributed by atoms with Gasteiger partial charge in [0.05, 0.1) is 14.2 Å². The van der Waals surface area contributed by atoms with E-state index in [4.69, 9.17) is 18.6 Å². The monoisotopic (exact) mass is 508 g/mol. The topological polar surface area (TPSA) is 108 Å². The van der Waals surface area contributed by atoms with Crippen molar-refractivity contribution in [1.82, 2.24) is 15.5 Å². The number of ether oxygens (including phenoxy) is 3. The molecule has 198 valence electrons. The van der Waals surface area contributed by atoms with Crippen molar-refractivity contribution in [2.45, 2.75) is 52.7 Å². The summed E-state index contributed by atoms with van der Waals surface area (Å²) >= 11 is 0. The fourth-order valence-electron chi connectivity index (χ4n) is 3.45. The molecule has 0 aliphatic heterocycles. The summed E-state index contributed by atoms with van der Waals surface area (Å²) in [7, 11) is 3.19. The molecule has 9 heteroatoms. The number of rotatable bonds is 15. The third kappa shape index (κ3) is 9.51. The molecule has 1 aromatic heterocycles. The number of methoxy groups -OCH3 is 2. The van der Waals surface area contributed by atoms with E-state index < -0.39 is 0 Å². The summed E-state index contributed by atoms with van der Waals surface area (Å²) in [6.45, 7) is 4.82. The lowest BCUT2D eigenvalue weighted by molar-refractivity contribution is -0.121. The van der Waals surface area contributed by atoms with Crippen LogP contribution in [0.1, 0.15) is 51.0 Å². The van der Waals surface area contributed by atoms with Crippen LogP contribution >= 0.6 is 0 Å². The van der Waals surface area contributed by atoms with Gasteiger partial charge >= 0.3 is 6.01 Å². The van der Waals surface area contributed by atoms with Gasteiger partial charge in [-0.1, -0.05) is 37.2 Å². The van der Waals surface area contributed by atoms with E-state index in [2.05, 4.69) is 46.8 Å². The Morgan fingerprint density at radius 2 is 1.84 bits per heavy atom. The maximum Gasteiger partial charge on any atom is 0.320 e. The summed E-state index contributed by atoms with van der Waals surface area (Å²) in [6, 6.07) is 13.1.